The molecule has 0 spiro atoms. The summed E-state index contributed by atoms with van der Waals surface area (Å²) in [5, 5.41) is 7.70. The van der Waals surface area contributed by atoms with Crippen molar-refractivity contribution in [1.29, 1.82) is 5.41 Å². The maximum atomic E-state index is 7.70. The van der Waals surface area contributed by atoms with Crippen LogP contribution < -0.4 is 0 Å². The van der Waals surface area contributed by atoms with Crippen LogP contribution >= 0.6 is 0 Å². The monoisotopic (exact) mass is 151 g/mol. The van der Waals surface area contributed by atoms with Crippen molar-refractivity contribution in [2.45, 2.75) is 20.8 Å². The third kappa shape index (κ3) is 1.70. The van der Waals surface area contributed by atoms with Gasteiger partial charge in [0.15, 0.2) is 0 Å². The summed E-state index contributed by atoms with van der Waals surface area (Å²) in [5.74, 6) is 0.664. The molecule has 1 aromatic rings. The molecule has 0 saturated heterocycles. The molecule has 2 nitrogen and oxygen atoms in total. The predicted molar refractivity (Wildman–Crippen MR) is 45.0 cm³/mol. The second-order valence-electron chi connectivity index (χ2n) is 3.60. The Bertz CT molecular complexity index is 241. The summed E-state index contributed by atoms with van der Waals surface area (Å²) in [6.45, 7) is 5.99. The fourth-order valence-corrected chi connectivity index (χ4v) is 0.790. The van der Waals surface area contributed by atoms with E-state index in [1.54, 1.807) is 12.3 Å². The molecule has 0 aliphatic carbocycles. The van der Waals surface area contributed by atoms with Crippen LogP contribution in [0.1, 0.15) is 26.5 Å². The SMILES string of the molecule is CC(C)(C)C(=N)c1ccco1. The van der Waals surface area contributed by atoms with Crippen molar-refractivity contribution in [2.75, 3.05) is 0 Å². The molecule has 1 aromatic heterocycles. The summed E-state index contributed by atoms with van der Waals surface area (Å²) in [5.41, 5.74) is 0.417. The van der Waals surface area contributed by atoms with Crippen LogP contribution in [0, 0.1) is 10.8 Å². The molecule has 0 bridgehead atoms. The minimum atomic E-state index is -0.127. The molecule has 1 N–H and O–H groups in total. The van der Waals surface area contributed by atoms with E-state index in [0.717, 1.165) is 0 Å². The van der Waals surface area contributed by atoms with Gasteiger partial charge in [-0.05, 0) is 12.1 Å². The molecule has 0 unspecified atom stereocenters. The molecule has 11 heavy (non-hydrogen) atoms. The Labute approximate surface area is 66.7 Å². The van der Waals surface area contributed by atoms with E-state index in [1.165, 1.54) is 0 Å². The Morgan fingerprint density at radius 1 is 1.45 bits per heavy atom. The summed E-state index contributed by atoms with van der Waals surface area (Å²) < 4.78 is 5.10. The minimum Gasteiger partial charge on any atom is -0.463 e. The minimum absolute atomic E-state index is 0.127. The molecule has 0 saturated carbocycles. The van der Waals surface area contributed by atoms with Gasteiger partial charge in [-0.25, -0.2) is 0 Å². The van der Waals surface area contributed by atoms with E-state index in [0.29, 0.717) is 11.5 Å². The Morgan fingerprint density at radius 3 is 2.45 bits per heavy atom. The van der Waals surface area contributed by atoms with Crippen molar-refractivity contribution in [1.82, 2.24) is 0 Å². The van der Waals surface area contributed by atoms with Gasteiger partial charge in [0.25, 0.3) is 0 Å². The number of rotatable bonds is 1. The fraction of sp³-hybridized carbons (Fsp3) is 0.444. The first-order valence-electron chi connectivity index (χ1n) is 3.65. The van der Waals surface area contributed by atoms with Gasteiger partial charge in [-0.3, -0.25) is 0 Å². The zero-order valence-corrected chi connectivity index (χ0v) is 7.14. The van der Waals surface area contributed by atoms with E-state index in [1.807, 2.05) is 26.8 Å². The van der Waals surface area contributed by atoms with Gasteiger partial charge in [0, 0.05) is 5.41 Å². The maximum absolute atomic E-state index is 7.70. The van der Waals surface area contributed by atoms with Gasteiger partial charge in [-0.2, -0.15) is 0 Å². The van der Waals surface area contributed by atoms with Gasteiger partial charge >= 0.3 is 0 Å². The molecule has 0 amide bonds. The smallest absolute Gasteiger partial charge is 0.147 e. The molecule has 1 rings (SSSR count). The number of hydrogen-bond donors (Lipinski definition) is 1. The van der Waals surface area contributed by atoms with E-state index in [-0.39, 0.29) is 5.41 Å². The highest BCUT2D eigenvalue weighted by Gasteiger charge is 2.20. The highest BCUT2D eigenvalue weighted by Crippen LogP contribution is 2.20. The Kier molecular flexibility index (Phi) is 1.85. The van der Waals surface area contributed by atoms with Crippen LogP contribution in [0.25, 0.3) is 0 Å². The van der Waals surface area contributed by atoms with Gasteiger partial charge in [0.1, 0.15) is 5.76 Å². The van der Waals surface area contributed by atoms with Crippen LogP contribution in [0.5, 0.6) is 0 Å². The van der Waals surface area contributed by atoms with Crippen molar-refractivity contribution in [2.24, 2.45) is 5.41 Å². The Balaban J connectivity index is 2.88. The van der Waals surface area contributed by atoms with Crippen LogP contribution in [-0.2, 0) is 0 Å². The maximum Gasteiger partial charge on any atom is 0.147 e. The summed E-state index contributed by atoms with van der Waals surface area (Å²) in [6, 6.07) is 3.61. The summed E-state index contributed by atoms with van der Waals surface area (Å²) in [7, 11) is 0. The lowest BCUT2D eigenvalue weighted by Crippen LogP contribution is -2.19. The van der Waals surface area contributed by atoms with Crippen LogP contribution in [0.3, 0.4) is 0 Å². The molecule has 60 valence electrons. The van der Waals surface area contributed by atoms with Crippen molar-refractivity contribution in [3.63, 3.8) is 0 Å². The van der Waals surface area contributed by atoms with E-state index in [9.17, 15) is 0 Å². The first-order valence-corrected chi connectivity index (χ1v) is 3.65. The molecule has 0 aliphatic heterocycles. The van der Waals surface area contributed by atoms with Crippen LogP contribution in [0.4, 0.5) is 0 Å². The second kappa shape index (κ2) is 2.53. The van der Waals surface area contributed by atoms with Crippen molar-refractivity contribution in [3.05, 3.63) is 24.2 Å². The lowest BCUT2D eigenvalue weighted by Gasteiger charge is -2.17. The van der Waals surface area contributed by atoms with E-state index in [2.05, 4.69) is 0 Å². The van der Waals surface area contributed by atoms with Crippen molar-refractivity contribution in [3.8, 4) is 0 Å². The van der Waals surface area contributed by atoms with E-state index in [4.69, 9.17) is 9.83 Å². The Hall–Kier alpha value is -1.05. The lowest BCUT2D eigenvalue weighted by atomic mass is 9.89. The first-order chi connectivity index (χ1) is 5.02. The molecule has 0 atom stereocenters. The average Bonchev–Trinajstić information content (AvgIpc) is 2.34. The molecule has 0 fully saturated rings. The third-order valence-corrected chi connectivity index (χ3v) is 1.52. The standard InChI is InChI=1S/C9H13NO/c1-9(2,3)8(10)7-5-4-6-11-7/h4-6,10H,1-3H3. The van der Waals surface area contributed by atoms with Crippen LogP contribution in [-0.4, -0.2) is 5.71 Å². The number of nitrogens with one attached hydrogen (secondary N) is 1. The fourth-order valence-electron chi connectivity index (χ4n) is 0.790. The van der Waals surface area contributed by atoms with Crippen LogP contribution in [0.2, 0.25) is 0 Å². The van der Waals surface area contributed by atoms with Gasteiger partial charge in [0.2, 0.25) is 0 Å². The van der Waals surface area contributed by atoms with Crippen LogP contribution in [0.15, 0.2) is 22.8 Å². The topological polar surface area (TPSA) is 37.0 Å². The molecule has 1 heterocycles. The number of furan rings is 1. The largest absolute Gasteiger partial charge is 0.463 e. The predicted octanol–water partition coefficient (Wildman–Crippen LogP) is 2.69. The lowest BCUT2D eigenvalue weighted by molar-refractivity contribution is 0.522. The normalized spacial score (nSPS) is 11.5. The van der Waals surface area contributed by atoms with Crippen molar-refractivity contribution < 1.29 is 4.42 Å². The second-order valence-corrected chi connectivity index (χ2v) is 3.60. The van der Waals surface area contributed by atoms with Gasteiger partial charge in [0.05, 0.1) is 12.0 Å². The molecule has 2 heteroatoms. The molecular formula is C9H13NO. The average molecular weight is 151 g/mol. The van der Waals surface area contributed by atoms with Crippen molar-refractivity contribution >= 4 is 5.71 Å². The van der Waals surface area contributed by atoms with Gasteiger partial charge in [-0.1, -0.05) is 20.8 Å². The third-order valence-electron chi connectivity index (χ3n) is 1.52. The first kappa shape index (κ1) is 8.05. The number of hydrogen-bond acceptors (Lipinski definition) is 2. The van der Waals surface area contributed by atoms with Gasteiger partial charge < -0.3 is 9.83 Å². The molecule has 0 aromatic carbocycles. The molecular weight excluding hydrogens is 138 g/mol. The highest BCUT2D eigenvalue weighted by molar-refractivity contribution is 5.99. The zero-order valence-electron chi connectivity index (χ0n) is 7.14. The molecule has 0 radical (unpaired) electrons. The summed E-state index contributed by atoms with van der Waals surface area (Å²) >= 11 is 0. The van der Waals surface area contributed by atoms with Gasteiger partial charge in [-0.15, -0.1) is 0 Å². The zero-order chi connectivity index (χ0) is 8.48. The quantitative estimate of drug-likeness (QED) is 0.615. The van der Waals surface area contributed by atoms with E-state index < -0.39 is 0 Å². The summed E-state index contributed by atoms with van der Waals surface area (Å²) in [6.07, 6.45) is 1.59. The van der Waals surface area contributed by atoms with E-state index >= 15 is 0 Å². The molecule has 0 aliphatic rings. The Morgan fingerprint density at radius 2 is 2.09 bits per heavy atom. The summed E-state index contributed by atoms with van der Waals surface area (Å²) in [4.78, 5) is 0. The highest BCUT2D eigenvalue weighted by atomic mass is 16.3.